The number of halogens is 1. The Morgan fingerprint density at radius 2 is 1.57 bits per heavy atom. The van der Waals surface area contributed by atoms with Crippen molar-refractivity contribution in [3.8, 4) is 0 Å². The summed E-state index contributed by atoms with van der Waals surface area (Å²) in [6.45, 7) is 8.82. The Labute approximate surface area is 243 Å². The average Bonchev–Trinajstić information content (AvgIpc) is 2.91. The van der Waals surface area contributed by atoms with Crippen molar-refractivity contribution in [2.75, 3.05) is 80.5 Å². The smallest absolute Gasteiger partial charge is 0.303 e. The summed E-state index contributed by atoms with van der Waals surface area (Å²) in [6.07, 6.45) is 10.6. The number of carboxylic acids is 1. The zero-order valence-electron chi connectivity index (χ0n) is 25.9. The number of rotatable bonds is 29. The average molecular weight is 581 g/mol. The van der Waals surface area contributed by atoms with Gasteiger partial charge in [-0.3, -0.25) is 14.9 Å². The van der Waals surface area contributed by atoms with E-state index in [1.54, 1.807) is 5.54 Å². The highest BCUT2D eigenvalue weighted by Crippen LogP contribution is 2.05. The Morgan fingerprint density at radius 3 is 2.20 bits per heavy atom. The minimum absolute atomic E-state index is 0.0995. The van der Waals surface area contributed by atoms with E-state index in [2.05, 4.69) is 41.5 Å². The maximum Gasteiger partial charge on any atom is 0.303 e. The summed E-state index contributed by atoms with van der Waals surface area (Å²) in [6, 6.07) is 0. The number of carbonyl (C=O) groups excluding carboxylic acids is 1. The van der Waals surface area contributed by atoms with Crippen LogP contribution >= 0.6 is 0 Å². The summed E-state index contributed by atoms with van der Waals surface area (Å²) in [5.41, 5.74) is 6.82. The van der Waals surface area contributed by atoms with Gasteiger partial charge >= 0.3 is 5.97 Å². The lowest BCUT2D eigenvalue weighted by molar-refractivity contribution is -0.137. The molecule has 0 radical (unpaired) electrons. The molecule has 0 saturated heterocycles. The molecule has 0 heterocycles. The highest BCUT2D eigenvalue weighted by atomic mass is 19.2. The van der Waals surface area contributed by atoms with Gasteiger partial charge in [-0.15, -0.1) is 4.48 Å². The van der Waals surface area contributed by atoms with Gasteiger partial charge in [0.15, 0.2) is 0 Å². The fourth-order valence-electron chi connectivity index (χ4n) is 3.80. The number of carbonyl (C=O) groups is 2. The number of unbranched alkanes of at least 4 members (excludes halogenated alkanes) is 5. The Balaban J connectivity index is 0. The van der Waals surface area contributed by atoms with Gasteiger partial charge in [-0.25, -0.2) is 0 Å². The van der Waals surface area contributed by atoms with Crippen molar-refractivity contribution >= 4 is 11.9 Å². The third kappa shape index (κ3) is 34.6. The van der Waals surface area contributed by atoms with Crippen LogP contribution in [0.5, 0.6) is 0 Å². The second kappa shape index (κ2) is 32.1. The van der Waals surface area contributed by atoms with E-state index in [4.69, 9.17) is 20.3 Å². The number of nitrogens with zero attached hydrogens (tertiary/aromatic N) is 2. The monoisotopic (exact) mass is 580 g/mol. The summed E-state index contributed by atoms with van der Waals surface area (Å²) in [7, 11) is 6.08. The van der Waals surface area contributed by atoms with Gasteiger partial charge in [0.2, 0.25) is 5.91 Å². The number of ether oxygens (including phenoxy) is 2. The molecular formula is C28H61FN6O5. The number of aliphatic carboxylic acids is 1. The molecule has 12 heteroatoms. The van der Waals surface area contributed by atoms with E-state index in [9.17, 15) is 14.1 Å². The summed E-state index contributed by atoms with van der Waals surface area (Å²) in [5.74, 6) is -0.925. The fourth-order valence-corrected chi connectivity index (χ4v) is 3.80. The van der Waals surface area contributed by atoms with Crippen molar-refractivity contribution < 1.29 is 28.7 Å². The largest absolute Gasteiger partial charge is 0.481 e. The van der Waals surface area contributed by atoms with Crippen LogP contribution in [-0.2, 0) is 19.1 Å². The summed E-state index contributed by atoms with van der Waals surface area (Å²) < 4.78 is 23.6. The molecule has 0 aromatic rings. The molecule has 0 aliphatic rings. The van der Waals surface area contributed by atoms with E-state index in [1.807, 2.05) is 7.05 Å². The van der Waals surface area contributed by atoms with Gasteiger partial charge < -0.3 is 35.4 Å². The third-order valence-corrected chi connectivity index (χ3v) is 6.24. The molecule has 0 aliphatic heterocycles. The SMILES string of the molecule is CCCCN(C)CC(CCN(C)CCCNF)OCOCNCCCCCC(N)=O.CNCCCCCC(=O)O. The van der Waals surface area contributed by atoms with Crippen molar-refractivity contribution in [2.45, 2.75) is 90.1 Å². The highest BCUT2D eigenvalue weighted by molar-refractivity contribution is 5.73. The van der Waals surface area contributed by atoms with E-state index >= 15 is 0 Å². The topological polar surface area (TPSA) is 141 Å². The molecule has 0 aromatic carbocycles. The first-order valence-corrected chi connectivity index (χ1v) is 15.0. The number of likely N-dealkylation sites (N-methyl/N-ethyl adjacent to an activating group) is 1. The molecule has 1 unspecified atom stereocenters. The van der Waals surface area contributed by atoms with Crippen molar-refractivity contribution in [3.63, 3.8) is 0 Å². The zero-order chi connectivity index (χ0) is 30.3. The third-order valence-electron chi connectivity index (χ3n) is 6.24. The second-order valence-electron chi connectivity index (χ2n) is 10.3. The van der Waals surface area contributed by atoms with Crippen LogP contribution < -0.4 is 21.9 Å². The summed E-state index contributed by atoms with van der Waals surface area (Å²) in [5, 5.41) is 14.5. The quantitative estimate of drug-likeness (QED) is 0.0509. The Morgan fingerprint density at radius 1 is 0.900 bits per heavy atom. The standard InChI is InChI=1S/C21H46FN5O3.C7H15NO2/c1-4-5-14-27(3)17-20(11-16-26(2)15-9-13-25-22)30-19-29-18-24-12-8-6-7-10-21(23)28;1-8-6-4-2-3-5-7(9)10/h20,24-25H,4-19H2,1-3H3,(H2,23,28);8H,2-6H2,1H3,(H,9,10). The number of primary amides is 1. The molecule has 0 rings (SSSR count). The summed E-state index contributed by atoms with van der Waals surface area (Å²) >= 11 is 0. The van der Waals surface area contributed by atoms with Crippen molar-refractivity contribution in [1.82, 2.24) is 26.0 Å². The maximum absolute atomic E-state index is 12.0. The Kier molecular flexibility index (Phi) is 32.7. The molecule has 0 spiro atoms. The number of hydrogen-bond donors (Lipinski definition) is 5. The number of carboxylic acid groups (broad SMARTS) is 1. The van der Waals surface area contributed by atoms with Crippen LogP contribution in [0.4, 0.5) is 4.48 Å². The molecule has 6 N–H and O–H groups in total. The normalized spacial score (nSPS) is 12.0. The van der Waals surface area contributed by atoms with Crippen LogP contribution in [0, 0.1) is 0 Å². The lowest BCUT2D eigenvalue weighted by atomic mass is 10.2. The van der Waals surface area contributed by atoms with E-state index in [0.717, 1.165) is 90.6 Å². The predicted octanol–water partition coefficient (Wildman–Crippen LogP) is 2.71. The number of hydrogen-bond acceptors (Lipinski definition) is 9. The predicted molar refractivity (Wildman–Crippen MR) is 160 cm³/mol. The molecule has 1 amide bonds. The van der Waals surface area contributed by atoms with Crippen LogP contribution in [-0.4, -0.2) is 113 Å². The molecule has 0 saturated carbocycles. The van der Waals surface area contributed by atoms with Crippen LogP contribution in [0.1, 0.15) is 84.0 Å². The van der Waals surface area contributed by atoms with Crippen molar-refractivity contribution in [2.24, 2.45) is 5.73 Å². The van der Waals surface area contributed by atoms with E-state index in [0.29, 0.717) is 26.1 Å². The zero-order valence-corrected chi connectivity index (χ0v) is 25.9. The van der Waals surface area contributed by atoms with Gasteiger partial charge in [0.1, 0.15) is 6.79 Å². The van der Waals surface area contributed by atoms with Crippen LogP contribution in [0.3, 0.4) is 0 Å². The minimum atomic E-state index is -0.690. The molecule has 0 aromatic heterocycles. The Bertz CT molecular complexity index is 565. The van der Waals surface area contributed by atoms with E-state index in [-0.39, 0.29) is 18.8 Å². The molecule has 0 bridgehead atoms. The van der Waals surface area contributed by atoms with E-state index < -0.39 is 5.97 Å². The lowest BCUT2D eigenvalue weighted by Gasteiger charge is -2.26. The second-order valence-corrected chi connectivity index (χ2v) is 10.3. The molecule has 40 heavy (non-hydrogen) atoms. The maximum atomic E-state index is 12.0. The van der Waals surface area contributed by atoms with Crippen molar-refractivity contribution in [3.05, 3.63) is 0 Å². The molecule has 11 nitrogen and oxygen atoms in total. The van der Waals surface area contributed by atoms with Gasteiger partial charge in [-0.2, -0.15) is 5.54 Å². The van der Waals surface area contributed by atoms with Gasteiger partial charge in [0.05, 0.1) is 12.8 Å². The van der Waals surface area contributed by atoms with Gasteiger partial charge in [0.25, 0.3) is 0 Å². The van der Waals surface area contributed by atoms with Gasteiger partial charge in [-0.05, 0) is 92.3 Å². The highest BCUT2D eigenvalue weighted by Gasteiger charge is 2.13. The van der Waals surface area contributed by atoms with Gasteiger partial charge in [0, 0.05) is 32.5 Å². The first-order chi connectivity index (χ1) is 19.3. The number of nitrogens with two attached hydrogens (primary N) is 1. The molecular weight excluding hydrogens is 519 g/mol. The summed E-state index contributed by atoms with van der Waals surface area (Å²) in [4.78, 5) is 25.2. The first kappa shape index (κ1) is 40.7. The first-order valence-electron chi connectivity index (χ1n) is 15.0. The lowest BCUT2D eigenvalue weighted by Crippen LogP contribution is -2.35. The van der Waals surface area contributed by atoms with Crippen LogP contribution in [0.15, 0.2) is 0 Å². The molecule has 1 atom stereocenters. The molecule has 0 aliphatic carbocycles. The van der Waals surface area contributed by atoms with Crippen molar-refractivity contribution in [1.29, 1.82) is 0 Å². The fraction of sp³-hybridized carbons (Fsp3) is 0.929. The molecule has 240 valence electrons. The molecule has 0 fully saturated rings. The van der Waals surface area contributed by atoms with Crippen LogP contribution in [0.2, 0.25) is 0 Å². The van der Waals surface area contributed by atoms with Crippen LogP contribution in [0.25, 0.3) is 0 Å². The number of nitrogens with one attached hydrogen (secondary N) is 3. The Hall–Kier alpha value is -1.41. The number of amides is 1. The minimum Gasteiger partial charge on any atom is -0.481 e. The van der Waals surface area contributed by atoms with Gasteiger partial charge in [-0.1, -0.05) is 26.2 Å². The van der Waals surface area contributed by atoms with E-state index in [1.165, 1.54) is 12.8 Å².